The number of aromatic nitrogens is 1. The summed E-state index contributed by atoms with van der Waals surface area (Å²) in [6.07, 6.45) is 1.62. The van der Waals surface area contributed by atoms with Crippen molar-refractivity contribution in [3.63, 3.8) is 0 Å². The zero-order valence-electron chi connectivity index (χ0n) is 11.4. The van der Waals surface area contributed by atoms with Gasteiger partial charge in [0.2, 0.25) is 0 Å². The molecule has 0 bridgehead atoms. The summed E-state index contributed by atoms with van der Waals surface area (Å²) in [6, 6.07) is 20.4. The third kappa shape index (κ3) is 2.54. The predicted molar refractivity (Wildman–Crippen MR) is 84.0 cm³/mol. The molecular weight excluding hydrogens is 260 g/mol. The molecular formula is C18H14N2O. The van der Waals surface area contributed by atoms with Gasteiger partial charge >= 0.3 is 0 Å². The Labute approximate surface area is 123 Å². The number of hydrogen-bond donors (Lipinski definition) is 1. The predicted octanol–water partition coefficient (Wildman–Crippen LogP) is 3.56. The van der Waals surface area contributed by atoms with E-state index >= 15 is 0 Å². The van der Waals surface area contributed by atoms with Crippen molar-refractivity contribution < 1.29 is 4.79 Å². The van der Waals surface area contributed by atoms with Crippen molar-refractivity contribution in [2.75, 3.05) is 5.73 Å². The van der Waals surface area contributed by atoms with Gasteiger partial charge in [-0.3, -0.25) is 9.78 Å². The first-order valence-electron chi connectivity index (χ1n) is 6.67. The van der Waals surface area contributed by atoms with Crippen molar-refractivity contribution in [3.8, 4) is 11.3 Å². The number of carbonyl (C=O) groups is 1. The number of pyridine rings is 1. The topological polar surface area (TPSA) is 56.0 Å². The molecule has 3 heteroatoms. The van der Waals surface area contributed by atoms with E-state index in [4.69, 9.17) is 5.73 Å². The zero-order chi connectivity index (χ0) is 14.7. The largest absolute Gasteiger partial charge is 0.398 e. The van der Waals surface area contributed by atoms with Crippen molar-refractivity contribution in [2.24, 2.45) is 0 Å². The normalized spacial score (nSPS) is 10.3. The quantitative estimate of drug-likeness (QED) is 0.743. The van der Waals surface area contributed by atoms with Crippen LogP contribution in [0.2, 0.25) is 0 Å². The van der Waals surface area contributed by atoms with Gasteiger partial charge in [0.25, 0.3) is 0 Å². The van der Waals surface area contributed by atoms with Gasteiger partial charge in [0, 0.05) is 23.0 Å². The molecule has 3 aromatic rings. The van der Waals surface area contributed by atoms with Crippen LogP contribution in [0, 0.1) is 0 Å². The zero-order valence-corrected chi connectivity index (χ0v) is 11.4. The molecule has 2 N–H and O–H groups in total. The van der Waals surface area contributed by atoms with Crippen molar-refractivity contribution in [2.45, 2.75) is 0 Å². The van der Waals surface area contributed by atoms with E-state index < -0.39 is 0 Å². The van der Waals surface area contributed by atoms with Gasteiger partial charge < -0.3 is 5.73 Å². The first-order valence-corrected chi connectivity index (χ1v) is 6.67. The third-order valence-corrected chi connectivity index (χ3v) is 3.29. The standard InChI is InChI=1S/C18H14N2O/c19-15-11-12-20-17(13-7-3-1-4-8-13)16(15)18(21)14-9-5-2-6-10-14/h1-12H,(H2,19,20). The van der Waals surface area contributed by atoms with Gasteiger partial charge in [-0.2, -0.15) is 0 Å². The number of nitrogens with zero attached hydrogens (tertiary/aromatic N) is 1. The number of nitrogens with two attached hydrogens (primary N) is 1. The minimum absolute atomic E-state index is 0.111. The van der Waals surface area contributed by atoms with Gasteiger partial charge in [-0.15, -0.1) is 0 Å². The van der Waals surface area contributed by atoms with E-state index in [9.17, 15) is 4.79 Å². The monoisotopic (exact) mass is 274 g/mol. The summed E-state index contributed by atoms with van der Waals surface area (Å²) in [5, 5.41) is 0. The van der Waals surface area contributed by atoms with E-state index in [0.29, 0.717) is 22.5 Å². The molecule has 0 aliphatic rings. The SMILES string of the molecule is Nc1ccnc(-c2ccccc2)c1C(=O)c1ccccc1. The van der Waals surface area contributed by atoms with E-state index in [2.05, 4.69) is 4.98 Å². The molecule has 2 aromatic carbocycles. The molecule has 1 heterocycles. The third-order valence-electron chi connectivity index (χ3n) is 3.29. The molecule has 1 aromatic heterocycles. The average Bonchev–Trinajstić information content (AvgIpc) is 2.55. The van der Waals surface area contributed by atoms with Crippen LogP contribution in [0.15, 0.2) is 72.9 Å². The van der Waals surface area contributed by atoms with E-state index in [1.54, 1.807) is 24.4 Å². The molecule has 21 heavy (non-hydrogen) atoms. The highest BCUT2D eigenvalue weighted by atomic mass is 16.1. The van der Waals surface area contributed by atoms with Crippen LogP contribution in [0.3, 0.4) is 0 Å². The molecule has 0 spiro atoms. The fraction of sp³-hybridized carbons (Fsp3) is 0. The Kier molecular flexibility index (Phi) is 3.48. The summed E-state index contributed by atoms with van der Waals surface area (Å²) in [5.74, 6) is -0.111. The molecule has 0 radical (unpaired) electrons. The second-order valence-corrected chi connectivity index (χ2v) is 4.68. The number of rotatable bonds is 3. The summed E-state index contributed by atoms with van der Waals surface area (Å²) < 4.78 is 0. The molecule has 0 fully saturated rings. The summed E-state index contributed by atoms with van der Waals surface area (Å²) >= 11 is 0. The first-order chi connectivity index (χ1) is 10.3. The van der Waals surface area contributed by atoms with E-state index in [-0.39, 0.29) is 5.78 Å². The van der Waals surface area contributed by atoms with Gasteiger partial charge in [-0.25, -0.2) is 0 Å². The lowest BCUT2D eigenvalue weighted by molar-refractivity contribution is 0.104. The van der Waals surface area contributed by atoms with Crippen molar-refractivity contribution >= 4 is 11.5 Å². The summed E-state index contributed by atoms with van der Waals surface area (Å²) in [4.78, 5) is 17.1. The van der Waals surface area contributed by atoms with Crippen LogP contribution in [0.4, 0.5) is 5.69 Å². The van der Waals surface area contributed by atoms with Crippen LogP contribution in [-0.2, 0) is 0 Å². The number of nitrogen functional groups attached to an aromatic ring is 1. The van der Waals surface area contributed by atoms with Crippen molar-refractivity contribution in [1.29, 1.82) is 0 Å². The maximum absolute atomic E-state index is 12.7. The van der Waals surface area contributed by atoms with E-state index in [1.807, 2.05) is 48.5 Å². The van der Waals surface area contributed by atoms with Gasteiger partial charge in [0.15, 0.2) is 5.78 Å². The first kappa shape index (κ1) is 13.1. The fourth-order valence-electron chi connectivity index (χ4n) is 2.26. The summed E-state index contributed by atoms with van der Waals surface area (Å²) in [7, 11) is 0. The van der Waals surface area contributed by atoms with Crippen molar-refractivity contribution in [1.82, 2.24) is 4.98 Å². The molecule has 102 valence electrons. The lowest BCUT2D eigenvalue weighted by atomic mass is 9.97. The Morgan fingerprint density at radius 1 is 0.857 bits per heavy atom. The van der Waals surface area contributed by atoms with Crippen LogP contribution >= 0.6 is 0 Å². The number of benzene rings is 2. The molecule has 3 nitrogen and oxygen atoms in total. The highest BCUT2D eigenvalue weighted by molar-refractivity contribution is 6.15. The second-order valence-electron chi connectivity index (χ2n) is 4.68. The molecule has 0 atom stereocenters. The number of hydrogen-bond acceptors (Lipinski definition) is 3. The smallest absolute Gasteiger partial charge is 0.197 e. The number of anilines is 1. The molecule has 0 unspecified atom stereocenters. The van der Waals surface area contributed by atoms with Crippen LogP contribution in [0.5, 0.6) is 0 Å². The van der Waals surface area contributed by atoms with E-state index in [1.165, 1.54) is 0 Å². The van der Waals surface area contributed by atoms with Crippen LogP contribution in [0.1, 0.15) is 15.9 Å². The molecule has 0 saturated heterocycles. The maximum Gasteiger partial charge on any atom is 0.197 e. The van der Waals surface area contributed by atoms with Gasteiger partial charge in [0.1, 0.15) is 0 Å². The van der Waals surface area contributed by atoms with E-state index in [0.717, 1.165) is 5.56 Å². The fourth-order valence-corrected chi connectivity index (χ4v) is 2.26. The Hall–Kier alpha value is -2.94. The number of ketones is 1. The molecule has 0 saturated carbocycles. The minimum atomic E-state index is -0.111. The summed E-state index contributed by atoms with van der Waals surface area (Å²) in [5.41, 5.74) is 9.03. The molecule has 3 rings (SSSR count). The van der Waals surface area contributed by atoms with Crippen LogP contribution in [0.25, 0.3) is 11.3 Å². The lowest BCUT2D eigenvalue weighted by Gasteiger charge is -2.10. The summed E-state index contributed by atoms with van der Waals surface area (Å²) in [6.45, 7) is 0. The van der Waals surface area contributed by atoms with Gasteiger partial charge in [-0.05, 0) is 6.07 Å². The lowest BCUT2D eigenvalue weighted by Crippen LogP contribution is -2.08. The van der Waals surface area contributed by atoms with Crippen LogP contribution < -0.4 is 5.73 Å². The second kappa shape index (κ2) is 5.59. The highest BCUT2D eigenvalue weighted by Gasteiger charge is 2.18. The Morgan fingerprint density at radius 3 is 2.14 bits per heavy atom. The molecule has 0 amide bonds. The Morgan fingerprint density at radius 2 is 1.48 bits per heavy atom. The van der Waals surface area contributed by atoms with Gasteiger partial charge in [-0.1, -0.05) is 60.7 Å². The molecule has 0 aliphatic heterocycles. The van der Waals surface area contributed by atoms with Crippen LogP contribution in [-0.4, -0.2) is 10.8 Å². The molecule has 0 aliphatic carbocycles. The van der Waals surface area contributed by atoms with Gasteiger partial charge in [0.05, 0.1) is 11.3 Å². The minimum Gasteiger partial charge on any atom is -0.398 e. The van der Waals surface area contributed by atoms with Crippen molar-refractivity contribution in [3.05, 3.63) is 84.1 Å². The number of carbonyl (C=O) groups excluding carboxylic acids is 1. The Balaban J connectivity index is 2.17. The Bertz CT molecular complexity index is 768. The highest BCUT2D eigenvalue weighted by Crippen LogP contribution is 2.27. The maximum atomic E-state index is 12.7. The average molecular weight is 274 g/mol.